The number of hydrogen-bond acceptors (Lipinski definition) is 6. The summed E-state index contributed by atoms with van der Waals surface area (Å²) in [7, 11) is -3.74. The molecule has 0 bridgehead atoms. The molecule has 0 aliphatic heterocycles. The fraction of sp³-hybridized carbons (Fsp3) is 0.964. The van der Waals surface area contributed by atoms with Crippen LogP contribution in [0.4, 0.5) is 0 Å². The second-order valence-electron chi connectivity index (χ2n) is 10.5. The average molecular weight is 536 g/mol. The molecular formula is C28H58NO6P. The second-order valence-corrected chi connectivity index (χ2v) is 12.5. The van der Waals surface area contributed by atoms with Crippen LogP contribution >= 0.6 is 7.60 Å². The highest BCUT2D eigenvalue weighted by atomic mass is 31.2. The molecule has 0 saturated heterocycles. The van der Waals surface area contributed by atoms with E-state index in [0.717, 1.165) is 19.5 Å². The van der Waals surface area contributed by atoms with Gasteiger partial charge in [-0.05, 0) is 31.3 Å². The van der Waals surface area contributed by atoms with Crippen LogP contribution in [0.15, 0.2) is 0 Å². The van der Waals surface area contributed by atoms with Crippen molar-refractivity contribution in [1.82, 2.24) is 4.90 Å². The summed E-state index contributed by atoms with van der Waals surface area (Å²) in [5, 5.41) is 0. The molecule has 0 radical (unpaired) electrons. The Hall–Kier alpha value is -0.460. The van der Waals surface area contributed by atoms with Crippen LogP contribution in [0.1, 0.15) is 112 Å². The van der Waals surface area contributed by atoms with Crippen molar-refractivity contribution in [3.8, 4) is 0 Å². The van der Waals surface area contributed by atoms with Crippen molar-refractivity contribution in [2.24, 2.45) is 11.8 Å². The lowest BCUT2D eigenvalue weighted by Crippen LogP contribution is -2.28. The molecule has 0 aliphatic rings. The number of carbonyl (C=O) groups is 1. The van der Waals surface area contributed by atoms with Crippen molar-refractivity contribution < 1.29 is 28.3 Å². The zero-order chi connectivity index (χ0) is 27.1. The van der Waals surface area contributed by atoms with Gasteiger partial charge in [0.15, 0.2) is 0 Å². The molecule has 0 saturated carbocycles. The molecule has 216 valence electrons. The molecule has 1 N–H and O–H groups in total. The maximum Gasteiger partial charge on any atom is 0.329 e. The summed E-state index contributed by atoms with van der Waals surface area (Å²) in [6.45, 7) is 13.8. The van der Waals surface area contributed by atoms with E-state index in [9.17, 15) is 14.3 Å². The van der Waals surface area contributed by atoms with Crippen LogP contribution in [0.2, 0.25) is 0 Å². The molecule has 0 rings (SSSR count). The van der Waals surface area contributed by atoms with Crippen LogP contribution < -0.4 is 0 Å². The fourth-order valence-corrected chi connectivity index (χ4v) is 5.59. The topological polar surface area (TPSA) is 85.3 Å². The Kier molecular flexibility index (Phi) is 23.3. The third-order valence-electron chi connectivity index (χ3n) is 6.86. The first-order valence-corrected chi connectivity index (χ1v) is 16.4. The van der Waals surface area contributed by atoms with Crippen molar-refractivity contribution in [3.63, 3.8) is 0 Å². The molecule has 36 heavy (non-hydrogen) atoms. The van der Waals surface area contributed by atoms with Crippen LogP contribution in [-0.4, -0.2) is 68.0 Å². The lowest BCUT2D eigenvalue weighted by molar-refractivity contribution is -0.139. The Bertz CT molecular complexity index is 546. The number of unbranched alkanes of at least 4 members (excludes halogenated alkanes) is 9. The molecule has 0 aromatic carbocycles. The highest BCUT2D eigenvalue weighted by molar-refractivity contribution is 7.52. The van der Waals surface area contributed by atoms with Crippen molar-refractivity contribution >= 4 is 14.1 Å². The minimum Gasteiger partial charge on any atom is -0.460 e. The smallest absolute Gasteiger partial charge is 0.329 e. The van der Waals surface area contributed by atoms with Gasteiger partial charge in [-0.2, -0.15) is 0 Å². The molecule has 8 heteroatoms. The monoisotopic (exact) mass is 535 g/mol. The first kappa shape index (κ1) is 35.5. The molecule has 4 atom stereocenters. The quantitative estimate of drug-likeness (QED) is 0.0684. The van der Waals surface area contributed by atoms with E-state index in [0.29, 0.717) is 31.5 Å². The highest BCUT2D eigenvalue weighted by Gasteiger charge is 2.23. The van der Waals surface area contributed by atoms with Crippen molar-refractivity contribution in [1.29, 1.82) is 0 Å². The molecule has 7 nitrogen and oxygen atoms in total. The molecule has 0 aliphatic carbocycles. The van der Waals surface area contributed by atoms with Crippen molar-refractivity contribution in [2.75, 3.05) is 45.6 Å². The fourth-order valence-electron chi connectivity index (χ4n) is 4.53. The zero-order valence-electron chi connectivity index (χ0n) is 24.1. The van der Waals surface area contributed by atoms with Crippen LogP contribution in [0.25, 0.3) is 0 Å². The van der Waals surface area contributed by atoms with Crippen LogP contribution in [-0.2, 0) is 23.4 Å². The van der Waals surface area contributed by atoms with Gasteiger partial charge in [0.25, 0.3) is 6.47 Å². The van der Waals surface area contributed by atoms with Gasteiger partial charge in [0, 0.05) is 13.2 Å². The molecule has 0 aromatic rings. The zero-order valence-corrected chi connectivity index (χ0v) is 25.0. The van der Waals surface area contributed by atoms with Gasteiger partial charge in [-0.3, -0.25) is 9.36 Å². The van der Waals surface area contributed by atoms with Gasteiger partial charge in [-0.15, -0.1) is 0 Å². The molecule has 0 fully saturated rings. The van der Waals surface area contributed by atoms with E-state index < -0.39 is 13.7 Å². The normalized spacial score (nSPS) is 16.0. The second kappa shape index (κ2) is 23.6. The van der Waals surface area contributed by atoms with E-state index in [1.165, 1.54) is 70.6 Å². The summed E-state index contributed by atoms with van der Waals surface area (Å²) in [5.41, 5.74) is 0. The Labute approximate surface area is 222 Å². The molecule has 0 aromatic heterocycles. The van der Waals surface area contributed by atoms with Crippen molar-refractivity contribution in [2.45, 2.75) is 118 Å². The van der Waals surface area contributed by atoms with Crippen LogP contribution in [0.3, 0.4) is 0 Å². The third-order valence-corrected chi connectivity index (χ3v) is 8.18. The summed E-state index contributed by atoms with van der Waals surface area (Å²) in [6.07, 6.45) is 15.4. The number of nitrogens with zero attached hydrogens (tertiary/aromatic N) is 1. The summed E-state index contributed by atoms with van der Waals surface area (Å²) in [4.78, 5) is 23.0. The Morgan fingerprint density at radius 2 is 1.42 bits per heavy atom. The molecule has 4 unspecified atom stereocenters. The lowest BCUT2D eigenvalue weighted by atomic mass is 9.93. The Morgan fingerprint density at radius 1 is 0.833 bits per heavy atom. The maximum absolute atomic E-state index is 12.3. The first-order valence-electron chi connectivity index (χ1n) is 14.6. The van der Waals surface area contributed by atoms with Gasteiger partial charge in [0.05, 0.1) is 19.4 Å². The molecular weight excluding hydrogens is 477 g/mol. The number of ether oxygens (including phenoxy) is 2. The van der Waals surface area contributed by atoms with E-state index >= 15 is 0 Å². The summed E-state index contributed by atoms with van der Waals surface area (Å²) >= 11 is 0. The summed E-state index contributed by atoms with van der Waals surface area (Å²) < 4.78 is 28.3. The van der Waals surface area contributed by atoms with Gasteiger partial charge in [0.1, 0.15) is 6.10 Å². The largest absolute Gasteiger partial charge is 0.460 e. The predicted octanol–water partition coefficient (Wildman–Crippen LogP) is 7.06. The van der Waals surface area contributed by atoms with Crippen molar-refractivity contribution in [3.05, 3.63) is 0 Å². The Balaban J connectivity index is 3.98. The summed E-state index contributed by atoms with van der Waals surface area (Å²) in [6, 6.07) is 0. The number of carbonyl (C=O) groups excluding carboxylic acids is 1. The molecule has 0 spiro atoms. The van der Waals surface area contributed by atoms with E-state index in [1.807, 2.05) is 13.8 Å². The van der Waals surface area contributed by atoms with Gasteiger partial charge >= 0.3 is 7.60 Å². The predicted molar refractivity (Wildman–Crippen MR) is 150 cm³/mol. The summed E-state index contributed by atoms with van der Waals surface area (Å²) in [5.74, 6) is 1.06. The van der Waals surface area contributed by atoms with Gasteiger partial charge in [-0.1, -0.05) is 105 Å². The number of hydrogen-bond donors (Lipinski definition) is 1. The van der Waals surface area contributed by atoms with E-state index in [2.05, 4.69) is 25.7 Å². The number of rotatable bonds is 27. The van der Waals surface area contributed by atoms with E-state index in [4.69, 9.17) is 14.0 Å². The maximum atomic E-state index is 12.3. The van der Waals surface area contributed by atoms with Gasteiger partial charge < -0.3 is 23.8 Å². The SMILES string of the molecule is CCCCCCCCCCCCC(C)CC(C)COCC(COP(=O)(O)CCN(CC)CC)OC=O. The first-order chi connectivity index (χ1) is 17.3. The third kappa shape index (κ3) is 21.6. The highest BCUT2D eigenvalue weighted by Crippen LogP contribution is 2.41. The average Bonchev–Trinajstić information content (AvgIpc) is 2.84. The Morgan fingerprint density at radius 3 is 1.97 bits per heavy atom. The molecule has 0 amide bonds. The van der Waals surface area contributed by atoms with E-state index in [1.54, 1.807) is 0 Å². The van der Waals surface area contributed by atoms with Gasteiger partial charge in [0.2, 0.25) is 0 Å². The minimum absolute atomic E-state index is 0.0529. The minimum atomic E-state index is -3.74. The van der Waals surface area contributed by atoms with E-state index in [-0.39, 0.29) is 19.4 Å². The van der Waals surface area contributed by atoms with Crippen LogP contribution in [0.5, 0.6) is 0 Å². The van der Waals surface area contributed by atoms with Gasteiger partial charge in [-0.25, -0.2) is 0 Å². The molecule has 0 heterocycles. The van der Waals surface area contributed by atoms with Crippen LogP contribution in [0, 0.1) is 11.8 Å². The standard InChI is InChI=1S/C28H58NO6P/c1-6-9-10-11-12-13-14-15-16-17-18-26(4)21-27(5)22-33-23-28(34-25-30)24-35-36(31,32)20-19-29(7-2)8-3/h25-28H,6-24H2,1-5H3,(H,31,32). The lowest BCUT2D eigenvalue weighted by Gasteiger charge is -2.22.